The van der Waals surface area contributed by atoms with E-state index in [2.05, 4.69) is 27.7 Å². The molecule has 154 valence electrons. The SMILES string of the molecule is CCCC[C@@H](CC)C(=O)N(Cc1cccc(OS(=O)(=O)CC)c1)CC(C)C. The quantitative estimate of drug-likeness (QED) is 0.483. The van der Waals surface area contributed by atoms with Crippen LogP contribution in [0.3, 0.4) is 0 Å². The minimum Gasteiger partial charge on any atom is -0.382 e. The summed E-state index contributed by atoms with van der Waals surface area (Å²) in [5.74, 6) is 0.808. The molecule has 6 heteroatoms. The second kappa shape index (κ2) is 11.3. The molecule has 0 N–H and O–H groups in total. The first kappa shape index (κ1) is 23.5. The lowest BCUT2D eigenvalue weighted by atomic mass is 9.97. The number of nitrogens with zero attached hydrogens (tertiary/aromatic N) is 1. The predicted molar refractivity (Wildman–Crippen MR) is 110 cm³/mol. The van der Waals surface area contributed by atoms with Gasteiger partial charge in [0, 0.05) is 19.0 Å². The van der Waals surface area contributed by atoms with E-state index in [1.807, 2.05) is 11.0 Å². The van der Waals surface area contributed by atoms with Crippen molar-refractivity contribution in [2.24, 2.45) is 11.8 Å². The van der Waals surface area contributed by atoms with Gasteiger partial charge in [0.15, 0.2) is 0 Å². The van der Waals surface area contributed by atoms with Crippen molar-refractivity contribution in [1.29, 1.82) is 0 Å². The maximum atomic E-state index is 13.1. The summed E-state index contributed by atoms with van der Waals surface area (Å²) >= 11 is 0. The third-order valence-corrected chi connectivity index (χ3v) is 5.65. The van der Waals surface area contributed by atoms with E-state index in [9.17, 15) is 13.2 Å². The Labute approximate surface area is 165 Å². The van der Waals surface area contributed by atoms with Gasteiger partial charge in [-0.2, -0.15) is 8.42 Å². The lowest BCUT2D eigenvalue weighted by Crippen LogP contribution is -2.38. The van der Waals surface area contributed by atoms with Crippen LogP contribution in [0.15, 0.2) is 24.3 Å². The van der Waals surface area contributed by atoms with Crippen LogP contribution in [-0.4, -0.2) is 31.5 Å². The second-order valence-electron chi connectivity index (χ2n) is 7.44. The molecule has 0 radical (unpaired) electrons. The van der Waals surface area contributed by atoms with Gasteiger partial charge < -0.3 is 9.08 Å². The molecule has 0 aliphatic rings. The van der Waals surface area contributed by atoms with Gasteiger partial charge in [-0.05, 0) is 43.4 Å². The molecule has 0 saturated heterocycles. The summed E-state index contributed by atoms with van der Waals surface area (Å²) in [5, 5.41) is 0. The fourth-order valence-corrected chi connectivity index (χ4v) is 3.52. The number of carbonyl (C=O) groups is 1. The molecule has 0 aromatic heterocycles. The van der Waals surface area contributed by atoms with E-state index >= 15 is 0 Å². The van der Waals surface area contributed by atoms with Crippen molar-refractivity contribution in [2.75, 3.05) is 12.3 Å². The van der Waals surface area contributed by atoms with Crippen molar-refractivity contribution in [3.63, 3.8) is 0 Å². The average Bonchev–Trinajstić information content (AvgIpc) is 2.61. The van der Waals surface area contributed by atoms with Crippen LogP contribution in [0.1, 0.15) is 65.9 Å². The van der Waals surface area contributed by atoms with E-state index in [1.165, 1.54) is 0 Å². The standard InChI is InChI=1S/C21H35NO4S/c1-6-9-12-19(7-2)21(23)22(15-17(4)5)16-18-11-10-13-20(14-18)26-27(24,25)8-3/h10-11,13-14,17,19H,6-9,12,15-16H2,1-5H3/t19-/m1/s1. The van der Waals surface area contributed by atoms with E-state index in [4.69, 9.17) is 4.18 Å². The van der Waals surface area contributed by atoms with Gasteiger partial charge >= 0.3 is 10.1 Å². The maximum Gasteiger partial charge on any atom is 0.308 e. The van der Waals surface area contributed by atoms with Crippen LogP contribution in [0, 0.1) is 11.8 Å². The van der Waals surface area contributed by atoms with Crippen molar-refractivity contribution in [3.8, 4) is 5.75 Å². The molecule has 1 amide bonds. The molecule has 0 bridgehead atoms. The Balaban J connectivity index is 2.97. The van der Waals surface area contributed by atoms with Crippen molar-refractivity contribution < 1.29 is 17.4 Å². The topological polar surface area (TPSA) is 63.7 Å². The fourth-order valence-electron chi connectivity index (χ4n) is 3.01. The Morgan fingerprint density at radius 2 is 1.89 bits per heavy atom. The third-order valence-electron chi connectivity index (χ3n) is 4.49. The van der Waals surface area contributed by atoms with Gasteiger partial charge in [-0.25, -0.2) is 0 Å². The summed E-state index contributed by atoms with van der Waals surface area (Å²) in [6.45, 7) is 11.1. The van der Waals surface area contributed by atoms with Crippen LogP contribution in [0.25, 0.3) is 0 Å². The molecular formula is C21H35NO4S. The monoisotopic (exact) mass is 397 g/mol. The molecule has 0 heterocycles. The van der Waals surface area contributed by atoms with E-state index in [0.717, 1.165) is 31.2 Å². The van der Waals surface area contributed by atoms with Gasteiger partial charge in [0.25, 0.3) is 0 Å². The molecule has 0 aliphatic carbocycles. The van der Waals surface area contributed by atoms with Gasteiger partial charge in [-0.15, -0.1) is 0 Å². The third kappa shape index (κ3) is 8.33. The van der Waals surface area contributed by atoms with Gasteiger partial charge in [0.2, 0.25) is 5.91 Å². The number of amides is 1. The molecule has 0 spiro atoms. The maximum absolute atomic E-state index is 13.1. The summed E-state index contributed by atoms with van der Waals surface area (Å²) in [4.78, 5) is 15.0. The molecule has 1 aromatic rings. The Bertz CT molecular complexity index is 685. The zero-order chi connectivity index (χ0) is 20.4. The van der Waals surface area contributed by atoms with Gasteiger partial charge in [-0.1, -0.05) is 52.7 Å². The zero-order valence-electron chi connectivity index (χ0n) is 17.4. The largest absolute Gasteiger partial charge is 0.382 e. The number of rotatable bonds is 12. The first-order valence-electron chi connectivity index (χ1n) is 10.0. The average molecular weight is 398 g/mol. The second-order valence-corrected chi connectivity index (χ2v) is 9.30. The van der Waals surface area contributed by atoms with Crippen LogP contribution in [-0.2, 0) is 21.5 Å². The number of benzene rings is 1. The highest BCUT2D eigenvalue weighted by Gasteiger charge is 2.23. The fraction of sp³-hybridized carbons (Fsp3) is 0.667. The van der Waals surface area contributed by atoms with Crippen LogP contribution in [0.4, 0.5) is 0 Å². The van der Waals surface area contributed by atoms with Crippen LogP contribution in [0.5, 0.6) is 5.75 Å². The lowest BCUT2D eigenvalue weighted by molar-refractivity contribution is -0.137. The van der Waals surface area contributed by atoms with E-state index in [1.54, 1.807) is 25.1 Å². The summed E-state index contributed by atoms with van der Waals surface area (Å²) in [6.07, 6.45) is 3.89. The summed E-state index contributed by atoms with van der Waals surface area (Å²) in [5.41, 5.74) is 0.873. The first-order chi connectivity index (χ1) is 12.7. The molecule has 0 fully saturated rings. The van der Waals surface area contributed by atoms with Crippen molar-refractivity contribution in [1.82, 2.24) is 4.90 Å². The molecule has 5 nitrogen and oxygen atoms in total. The summed E-state index contributed by atoms with van der Waals surface area (Å²) in [6, 6.07) is 7.00. The molecule has 1 atom stereocenters. The smallest absolute Gasteiger partial charge is 0.308 e. The molecule has 1 rings (SSSR count). The number of unbranched alkanes of at least 4 members (excludes halogenated alkanes) is 1. The van der Waals surface area contributed by atoms with Crippen LogP contribution >= 0.6 is 0 Å². The Morgan fingerprint density at radius 3 is 2.44 bits per heavy atom. The molecule has 27 heavy (non-hydrogen) atoms. The summed E-state index contributed by atoms with van der Waals surface area (Å²) < 4.78 is 28.5. The van der Waals surface area contributed by atoms with Crippen LogP contribution in [0.2, 0.25) is 0 Å². The van der Waals surface area contributed by atoms with Gasteiger partial charge in [-0.3, -0.25) is 4.79 Å². The Morgan fingerprint density at radius 1 is 1.19 bits per heavy atom. The summed E-state index contributed by atoms with van der Waals surface area (Å²) in [7, 11) is -3.56. The van der Waals surface area contributed by atoms with Gasteiger partial charge in [0.1, 0.15) is 5.75 Å². The van der Waals surface area contributed by atoms with E-state index in [0.29, 0.717) is 24.8 Å². The number of carbonyl (C=O) groups excluding carboxylic acids is 1. The molecular weight excluding hydrogens is 362 g/mol. The van der Waals surface area contributed by atoms with Crippen molar-refractivity contribution >= 4 is 16.0 Å². The molecule has 0 aliphatic heterocycles. The number of hydrogen-bond donors (Lipinski definition) is 0. The first-order valence-corrected chi connectivity index (χ1v) is 11.6. The molecule has 0 unspecified atom stereocenters. The normalized spacial score (nSPS) is 12.8. The van der Waals surface area contributed by atoms with Crippen molar-refractivity contribution in [2.45, 2.75) is 66.8 Å². The Kier molecular flexibility index (Phi) is 9.84. The minimum atomic E-state index is -3.56. The predicted octanol–water partition coefficient (Wildman–Crippen LogP) is 4.62. The molecule has 0 saturated carbocycles. The molecule has 1 aromatic carbocycles. The lowest BCUT2D eigenvalue weighted by Gasteiger charge is -2.29. The highest BCUT2D eigenvalue weighted by atomic mass is 32.2. The highest BCUT2D eigenvalue weighted by Crippen LogP contribution is 2.21. The Hall–Kier alpha value is -1.56. The zero-order valence-corrected chi connectivity index (χ0v) is 18.2. The van der Waals surface area contributed by atoms with Gasteiger partial charge in [0.05, 0.1) is 5.75 Å². The van der Waals surface area contributed by atoms with Crippen molar-refractivity contribution in [3.05, 3.63) is 29.8 Å². The number of hydrogen-bond acceptors (Lipinski definition) is 4. The van der Waals surface area contributed by atoms with Crippen LogP contribution < -0.4 is 4.18 Å². The highest BCUT2D eigenvalue weighted by molar-refractivity contribution is 7.87. The van der Waals surface area contributed by atoms with E-state index in [-0.39, 0.29) is 17.6 Å². The van der Waals surface area contributed by atoms with E-state index < -0.39 is 10.1 Å². The minimum absolute atomic E-state index is 0.0450.